The van der Waals surface area contributed by atoms with Gasteiger partial charge in [0.2, 0.25) is 0 Å². The fourth-order valence-electron chi connectivity index (χ4n) is 2.41. The number of nitrogens with zero attached hydrogens (tertiary/aromatic N) is 1. The van der Waals surface area contributed by atoms with Crippen molar-refractivity contribution in [3.05, 3.63) is 0 Å². The van der Waals surface area contributed by atoms with Gasteiger partial charge in [-0.15, -0.1) is 0 Å². The van der Waals surface area contributed by atoms with Crippen molar-refractivity contribution < 1.29 is 9.47 Å². The highest BCUT2D eigenvalue weighted by Crippen LogP contribution is 2.08. The molecule has 16 heavy (non-hydrogen) atoms. The van der Waals surface area contributed by atoms with Crippen LogP contribution in [-0.4, -0.2) is 56.6 Å². The lowest BCUT2D eigenvalue weighted by Gasteiger charge is -2.26. The highest BCUT2D eigenvalue weighted by Gasteiger charge is 2.17. The van der Waals surface area contributed by atoms with Gasteiger partial charge >= 0.3 is 0 Å². The third-order valence-electron chi connectivity index (χ3n) is 3.40. The maximum absolute atomic E-state index is 5.50. The number of hydrogen-bond donors (Lipinski definition) is 1. The van der Waals surface area contributed by atoms with Crippen LogP contribution in [0.1, 0.15) is 26.2 Å². The van der Waals surface area contributed by atoms with E-state index in [1.807, 2.05) is 0 Å². The van der Waals surface area contributed by atoms with Gasteiger partial charge in [0.1, 0.15) is 6.79 Å². The van der Waals surface area contributed by atoms with Crippen molar-refractivity contribution in [1.82, 2.24) is 10.2 Å². The van der Waals surface area contributed by atoms with Crippen LogP contribution in [0.3, 0.4) is 0 Å². The van der Waals surface area contributed by atoms with Crippen molar-refractivity contribution in [2.45, 2.75) is 38.3 Å². The molecule has 2 atom stereocenters. The fraction of sp³-hybridized carbons (Fsp3) is 1.00. The molecule has 0 aliphatic carbocycles. The van der Waals surface area contributed by atoms with Crippen molar-refractivity contribution in [1.29, 1.82) is 0 Å². The summed E-state index contributed by atoms with van der Waals surface area (Å²) in [5, 5.41) is 3.56. The first-order valence-electron chi connectivity index (χ1n) is 6.49. The van der Waals surface area contributed by atoms with Crippen LogP contribution in [0.25, 0.3) is 0 Å². The van der Waals surface area contributed by atoms with Crippen LogP contribution in [0.15, 0.2) is 0 Å². The lowest BCUT2D eigenvalue weighted by Crippen LogP contribution is -2.43. The highest BCUT2D eigenvalue weighted by molar-refractivity contribution is 4.74. The smallest absolute Gasteiger partial charge is 0.147 e. The van der Waals surface area contributed by atoms with E-state index in [1.54, 1.807) is 0 Å². The first kappa shape index (κ1) is 12.3. The van der Waals surface area contributed by atoms with E-state index in [0.29, 0.717) is 18.9 Å². The maximum atomic E-state index is 5.50. The molecule has 0 amide bonds. The van der Waals surface area contributed by atoms with Gasteiger partial charge in [0.25, 0.3) is 0 Å². The summed E-state index contributed by atoms with van der Waals surface area (Å²) < 4.78 is 10.7. The Morgan fingerprint density at radius 3 is 2.88 bits per heavy atom. The second-order valence-electron chi connectivity index (χ2n) is 4.92. The number of hydrogen-bond acceptors (Lipinski definition) is 4. The summed E-state index contributed by atoms with van der Waals surface area (Å²) in [6, 6.07) is 0.560. The molecular weight excluding hydrogens is 204 g/mol. The largest absolute Gasteiger partial charge is 0.355 e. The van der Waals surface area contributed by atoms with Gasteiger partial charge in [0.05, 0.1) is 12.7 Å². The van der Waals surface area contributed by atoms with Gasteiger partial charge in [-0.05, 0) is 39.3 Å². The summed E-state index contributed by atoms with van der Waals surface area (Å²) >= 11 is 0. The summed E-state index contributed by atoms with van der Waals surface area (Å²) in [7, 11) is 0. The Kier molecular flexibility index (Phi) is 5.03. The molecule has 4 nitrogen and oxygen atoms in total. The standard InChI is InChI=1S/C12H24N2O2/c1-11(9-14-5-2-3-6-14)13-8-12-4-7-15-10-16-12/h11-13H,2-10H2,1H3. The first-order valence-corrected chi connectivity index (χ1v) is 6.49. The minimum atomic E-state index is 0.342. The van der Waals surface area contributed by atoms with Crippen LogP contribution in [-0.2, 0) is 9.47 Å². The molecule has 0 spiro atoms. The van der Waals surface area contributed by atoms with Crippen molar-refractivity contribution >= 4 is 0 Å². The highest BCUT2D eigenvalue weighted by atomic mass is 16.7. The van der Waals surface area contributed by atoms with E-state index in [4.69, 9.17) is 9.47 Å². The Bertz CT molecular complexity index is 189. The molecule has 2 saturated heterocycles. The number of likely N-dealkylation sites (tertiary alicyclic amines) is 1. The van der Waals surface area contributed by atoms with Crippen LogP contribution in [0.5, 0.6) is 0 Å². The molecule has 4 heteroatoms. The van der Waals surface area contributed by atoms with Gasteiger partial charge in [-0.2, -0.15) is 0 Å². The lowest BCUT2D eigenvalue weighted by molar-refractivity contribution is -0.137. The van der Waals surface area contributed by atoms with Gasteiger partial charge in [-0.1, -0.05) is 0 Å². The van der Waals surface area contributed by atoms with Crippen LogP contribution >= 0.6 is 0 Å². The zero-order chi connectivity index (χ0) is 11.2. The summed E-state index contributed by atoms with van der Waals surface area (Å²) in [5.74, 6) is 0. The predicted molar refractivity (Wildman–Crippen MR) is 63.4 cm³/mol. The van der Waals surface area contributed by atoms with Crippen LogP contribution in [0.2, 0.25) is 0 Å². The van der Waals surface area contributed by atoms with Gasteiger partial charge in [0, 0.05) is 19.1 Å². The molecule has 2 rings (SSSR count). The molecule has 2 aliphatic rings. The normalized spacial score (nSPS) is 29.4. The Morgan fingerprint density at radius 1 is 1.38 bits per heavy atom. The second-order valence-corrected chi connectivity index (χ2v) is 4.92. The van der Waals surface area contributed by atoms with E-state index in [2.05, 4.69) is 17.1 Å². The molecule has 94 valence electrons. The van der Waals surface area contributed by atoms with Gasteiger partial charge in [-0.3, -0.25) is 0 Å². The van der Waals surface area contributed by atoms with Crippen LogP contribution in [0.4, 0.5) is 0 Å². The molecule has 0 aromatic carbocycles. The second kappa shape index (κ2) is 6.55. The van der Waals surface area contributed by atoms with E-state index in [-0.39, 0.29) is 0 Å². The van der Waals surface area contributed by atoms with Crippen molar-refractivity contribution in [3.63, 3.8) is 0 Å². The number of ether oxygens (including phenoxy) is 2. The molecule has 0 aromatic heterocycles. The molecular formula is C12H24N2O2. The van der Waals surface area contributed by atoms with Gasteiger partial charge in [0.15, 0.2) is 0 Å². The molecule has 0 aromatic rings. The Labute approximate surface area is 98.3 Å². The molecule has 0 bridgehead atoms. The molecule has 0 saturated carbocycles. The van der Waals surface area contributed by atoms with Crippen molar-refractivity contribution in [2.75, 3.05) is 39.6 Å². The van der Waals surface area contributed by atoms with Crippen molar-refractivity contribution in [3.8, 4) is 0 Å². The first-order chi connectivity index (χ1) is 7.84. The summed E-state index contributed by atoms with van der Waals surface area (Å²) in [4.78, 5) is 2.54. The zero-order valence-electron chi connectivity index (χ0n) is 10.3. The van der Waals surface area contributed by atoms with Crippen molar-refractivity contribution in [2.24, 2.45) is 0 Å². The van der Waals surface area contributed by atoms with E-state index in [1.165, 1.54) is 32.5 Å². The Balaban J connectivity index is 1.57. The SMILES string of the molecule is CC(CN1CCCC1)NCC1CCOCO1. The lowest BCUT2D eigenvalue weighted by atomic mass is 10.2. The van der Waals surface area contributed by atoms with E-state index >= 15 is 0 Å². The van der Waals surface area contributed by atoms with Gasteiger partial charge in [-0.25, -0.2) is 0 Å². The summed E-state index contributed by atoms with van der Waals surface area (Å²) in [6.45, 7) is 8.25. The van der Waals surface area contributed by atoms with Gasteiger partial charge < -0.3 is 19.7 Å². The molecule has 2 heterocycles. The van der Waals surface area contributed by atoms with E-state index < -0.39 is 0 Å². The minimum Gasteiger partial charge on any atom is -0.355 e. The Morgan fingerprint density at radius 2 is 2.19 bits per heavy atom. The fourth-order valence-corrected chi connectivity index (χ4v) is 2.41. The van der Waals surface area contributed by atoms with E-state index in [0.717, 1.165) is 19.6 Å². The van der Waals surface area contributed by atoms with Crippen LogP contribution < -0.4 is 5.32 Å². The summed E-state index contributed by atoms with van der Waals surface area (Å²) in [5.41, 5.74) is 0. The maximum Gasteiger partial charge on any atom is 0.147 e. The molecule has 1 N–H and O–H groups in total. The molecule has 2 unspecified atom stereocenters. The Hall–Kier alpha value is -0.160. The van der Waals surface area contributed by atoms with Crippen LogP contribution in [0, 0.1) is 0 Å². The zero-order valence-corrected chi connectivity index (χ0v) is 10.3. The average molecular weight is 228 g/mol. The van der Waals surface area contributed by atoms with E-state index in [9.17, 15) is 0 Å². The minimum absolute atomic E-state index is 0.342. The molecule has 2 fully saturated rings. The summed E-state index contributed by atoms with van der Waals surface area (Å²) in [6.07, 6.45) is 4.10. The number of rotatable bonds is 5. The predicted octanol–water partition coefficient (Wildman–Crippen LogP) is 0.823. The number of nitrogens with one attached hydrogen (secondary N) is 1. The quantitative estimate of drug-likeness (QED) is 0.755. The topological polar surface area (TPSA) is 33.7 Å². The average Bonchev–Trinajstić information content (AvgIpc) is 2.81. The molecule has 0 radical (unpaired) electrons. The third-order valence-corrected chi connectivity index (χ3v) is 3.40. The molecule has 2 aliphatic heterocycles. The third kappa shape index (κ3) is 4.01. The monoisotopic (exact) mass is 228 g/mol.